The van der Waals surface area contributed by atoms with Crippen LogP contribution in [0.15, 0.2) is 24.3 Å². The molecule has 1 aliphatic heterocycles. The predicted molar refractivity (Wildman–Crippen MR) is 108 cm³/mol. The highest BCUT2D eigenvalue weighted by Crippen LogP contribution is 2.20. The molecule has 0 aliphatic carbocycles. The molecule has 0 bridgehead atoms. The monoisotopic (exact) mass is 375 g/mol. The van der Waals surface area contributed by atoms with Crippen molar-refractivity contribution in [2.24, 2.45) is 5.92 Å². The van der Waals surface area contributed by atoms with Gasteiger partial charge in [-0.05, 0) is 57.4 Å². The maximum atomic E-state index is 12.7. The Morgan fingerprint density at radius 3 is 2.44 bits per heavy atom. The first-order chi connectivity index (χ1) is 13.1. The first-order valence-corrected chi connectivity index (χ1v) is 10.0. The number of amides is 2. The van der Waals surface area contributed by atoms with Crippen LogP contribution in [-0.4, -0.2) is 63.2 Å². The molecule has 2 rings (SSSR count). The van der Waals surface area contributed by atoms with Gasteiger partial charge in [-0.2, -0.15) is 0 Å². The Morgan fingerprint density at radius 1 is 1.19 bits per heavy atom. The second-order valence-electron chi connectivity index (χ2n) is 6.97. The lowest BCUT2D eigenvalue weighted by Gasteiger charge is -2.31. The van der Waals surface area contributed by atoms with Crippen LogP contribution in [0.4, 0.5) is 5.69 Å². The SMILES string of the molecule is CCOCCCNC(=O)C1CCN(C(=O)c2ccc(N(C)CC)cc2)CC1. The number of carbonyl (C=O) groups excluding carboxylic acids is 2. The Labute approximate surface area is 162 Å². The summed E-state index contributed by atoms with van der Waals surface area (Å²) in [5.41, 5.74) is 1.82. The largest absolute Gasteiger partial charge is 0.382 e. The van der Waals surface area contributed by atoms with Crippen LogP contribution in [0, 0.1) is 5.92 Å². The molecule has 1 aromatic rings. The normalized spacial score (nSPS) is 14.9. The molecule has 0 saturated carbocycles. The van der Waals surface area contributed by atoms with Crippen LogP contribution in [0.1, 0.15) is 43.5 Å². The van der Waals surface area contributed by atoms with E-state index in [9.17, 15) is 9.59 Å². The second-order valence-corrected chi connectivity index (χ2v) is 6.97. The molecular formula is C21H33N3O3. The van der Waals surface area contributed by atoms with E-state index in [0.717, 1.165) is 31.5 Å². The van der Waals surface area contributed by atoms with E-state index in [0.29, 0.717) is 38.4 Å². The van der Waals surface area contributed by atoms with Crippen molar-refractivity contribution in [3.05, 3.63) is 29.8 Å². The summed E-state index contributed by atoms with van der Waals surface area (Å²) in [4.78, 5) is 28.9. The molecule has 2 amide bonds. The van der Waals surface area contributed by atoms with Gasteiger partial charge in [0.15, 0.2) is 0 Å². The molecular weight excluding hydrogens is 342 g/mol. The van der Waals surface area contributed by atoms with Crippen molar-refractivity contribution in [3.63, 3.8) is 0 Å². The van der Waals surface area contributed by atoms with Crippen molar-refractivity contribution in [1.82, 2.24) is 10.2 Å². The Bertz CT molecular complexity index is 595. The molecule has 0 aromatic heterocycles. The quantitative estimate of drug-likeness (QED) is 0.674. The molecule has 150 valence electrons. The number of benzene rings is 1. The zero-order valence-corrected chi connectivity index (χ0v) is 16.9. The fraction of sp³-hybridized carbons (Fsp3) is 0.619. The fourth-order valence-electron chi connectivity index (χ4n) is 3.24. The molecule has 6 heteroatoms. The average Bonchev–Trinajstić information content (AvgIpc) is 2.72. The van der Waals surface area contributed by atoms with Crippen LogP contribution in [0.3, 0.4) is 0 Å². The van der Waals surface area contributed by atoms with E-state index in [1.54, 1.807) is 0 Å². The highest BCUT2D eigenvalue weighted by atomic mass is 16.5. The van der Waals surface area contributed by atoms with Crippen molar-refractivity contribution in [1.29, 1.82) is 0 Å². The lowest BCUT2D eigenvalue weighted by Crippen LogP contribution is -2.43. The molecule has 1 aliphatic rings. The number of carbonyl (C=O) groups is 2. The summed E-state index contributed by atoms with van der Waals surface area (Å²) in [7, 11) is 2.03. The molecule has 6 nitrogen and oxygen atoms in total. The third kappa shape index (κ3) is 6.24. The molecule has 1 saturated heterocycles. The average molecular weight is 376 g/mol. The first kappa shape index (κ1) is 21.2. The van der Waals surface area contributed by atoms with Gasteiger partial charge in [0.05, 0.1) is 0 Å². The number of nitrogens with one attached hydrogen (secondary N) is 1. The summed E-state index contributed by atoms with van der Waals surface area (Å²) in [5.74, 6) is 0.156. The lowest BCUT2D eigenvalue weighted by atomic mass is 9.95. The minimum atomic E-state index is 0.00160. The van der Waals surface area contributed by atoms with Crippen molar-refractivity contribution in [2.45, 2.75) is 33.1 Å². The van der Waals surface area contributed by atoms with E-state index in [-0.39, 0.29) is 17.7 Å². The Kier molecular flexibility index (Phi) is 8.58. The summed E-state index contributed by atoms with van der Waals surface area (Å²) in [6.45, 7) is 8.28. The van der Waals surface area contributed by atoms with Gasteiger partial charge >= 0.3 is 0 Å². The Hall–Kier alpha value is -2.08. The number of rotatable bonds is 9. The van der Waals surface area contributed by atoms with Gasteiger partial charge in [0.2, 0.25) is 5.91 Å². The maximum absolute atomic E-state index is 12.7. The van der Waals surface area contributed by atoms with Crippen LogP contribution < -0.4 is 10.2 Å². The smallest absolute Gasteiger partial charge is 0.253 e. The van der Waals surface area contributed by atoms with Crippen LogP contribution >= 0.6 is 0 Å². The van der Waals surface area contributed by atoms with Gasteiger partial charge in [0, 0.05) is 63.6 Å². The van der Waals surface area contributed by atoms with Gasteiger partial charge in [0.25, 0.3) is 5.91 Å². The number of likely N-dealkylation sites (tertiary alicyclic amines) is 1. The Balaban J connectivity index is 1.77. The van der Waals surface area contributed by atoms with E-state index in [1.807, 2.05) is 43.1 Å². The van der Waals surface area contributed by atoms with Gasteiger partial charge in [-0.15, -0.1) is 0 Å². The summed E-state index contributed by atoms with van der Waals surface area (Å²) >= 11 is 0. The molecule has 0 atom stereocenters. The first-order valence-electron chi connectivity index (χ1n) is 10.0. The van der Waals surface area contributed by atoms with E-state index in [2.05, 4.69) is 17.1 Å². The molecule has 1 fully saturated rings. The van der Waals surface area contributed by atoms with Gasteiger partial charge in [-0.3, -0.25) is 9.59 Å². The van der Waals surface area contributed by atoms with Crippen LogP contribution in [-0.2, 0) is 9.53 Å². The third-order valence-electron chi connectivity index (χ3n) is 5.15. The number of hydrogen-bond donors (Lipinski definition) is 1. The number of hydrogen-bond acceptors (Lipinski definition) is 4. The highest BCUT2D eigenvalue weighted by molar-refractivity contribution is 5.94. The van der Waals surface area contributed by atoms with E-state index in [4.69, 9.17) is 4.74 Å². The minimum absolute atomic E-state index is 0.00160. The van der Waals surface area contributed by atoms with Gasteiger partial charge in [0.1, 0.15) is 0 Å². The van der Waals surface area contributed by atoms with E-state index in [1.165, 1.54) is 0 Å². The second kappa shape index (κ2) is 10.9. The van der Waals surface area contributed by atoms with Gasteiger partial charge < -0.3 is 19.9 Å². The maximum Gasteiger partial charge on any atom is 0.253 e. The molecule has 0 unspecified atom stereocenters. The zero-order valence-electron chi connectivity index (χ0n) is 16.9. The highest BCUT2D eigenvalue weighted by Gasteiger charge is 2.27. The standard InChI is InChI=1S/C21H33N3O3/c1-4-23(3)19-9-7-18(8-10-19)21(26)24-14-11-17(12-15-24)20(25)22-13-6-16-27-5-2/h7-10,17H,4-6,11-16H2,1-3H3,(H,22,25). The van der Waals surface area contributed by atoms with Crippen molar-refractivity contribution < 1.29 is 14.3 Å². The predicted octanol–water partition coefficient (Wildman–Crippen LogP) is 2.54. The van der Waals surface area contributed by atoms with Crippen molar-refractivity contribution >= 4 is 17.5 Å². The minimum Gasteiger partial charge on any atom is -0.382 e. The van der Waals surface area contributed by atoms with Crippen LogP contribution in [0.25, 0.3) is 0 Å². The fourth-order valence-corrected chi connectivity index (χ4v) is 3.24. The molecule has 1 aromatic carbocycles. The summed E-state index contributed by atoms with van der Waals surface area (Å²) in [6.07, 6.45) is 2.28. The van der Waals surface area contributed by atoms with Crippen molar-refractivity contribution in [2.75, 3.05) is 51.3 Å². The van der Waals surface area contributed by atoms with Gasteiger partial charge in [-0.25, -0.2) is 0 Å². The van der Waals surface area contributed by atoms with Crippen LogP contribution in [0.2, 0.25) is 0 Å². The van der Waals surface area contributed by atoms with E-state index < -0.39 is 0 Å². The lowest BCUT2D eigenvalue weighted by molar-refractivity contribution is -0.126. The topological polar surface area (TPSA) is 61.9 Å². The number of ether oxygens (including phenoxy) is 1. The molecule has 0 spiro atoms. The van der Waals surface area contributed by atoms with Gasteiger partial charge in [-0.1, -0.05) is 0 Å². The summed E-state index contributed by atoms with van der Waals surface area (Å²) in [5, 5.41) is 2.98. The Morgan fingerprint density at radius 2 is 1.85 bits per heavy atom. The third-order valence-corrected chi connectivity index (χ3v) is 5.15. The van der Waals surface area contributed by atoms with Crippen LogP contribution in [0.5, 0.6) is 0 Å². The molecule has 0 radical (unpaired) electrons. The summed E-state index contributed by atoms with van der Waals surface area (Å²) in [6, 6.07) is 7.75. The number of anilines is 1. The molecule has 1 heterocycles. The molecule has 27 heavy (non-hydrogen) atoms. The zero-order chi connectivity index (χ0) is 19.6. The van der Waals surface area contributed by atoms with Crippen molar-refractivity contribution in [3.8, 4) is 0 Å². The molecule has 1 N–H and O–H groups in total. The number of piperidine rings is 1. The van der Waals surface area contributed by atoms with E-state index >= 15 is 0 Å². The summed E-state index contributed by atoms with van der Waals surface area (Å²) < 4.78 is 5.27. The number of nitrogens with zero attached hydrogens (tertiary/aromatic N) is 2.